The van der Waals surface area contributed by atoms with E-state index in [1.807, 2.05) is 48.9 Å². The summed E-state index contributed by atoms with van der Waals surface area (Å²) in [7, 11) is 3.61. The predicted octanol–water partition coefficient (Wildman–Crippen LogP) is 3.76. The monoisotopic (exact) mass is 384 g/mol. The van der Waals surface area contributed by atoms with Crippen LogP contribution in [0.25, 0.3) is 11.4 Å². The molecule has 0 spiro atoms. The fraction of sp³-hybridized carbons (Fsp3) is 0.250. The third-order valence-corrected chi connectivity index (χ3v) is 5.30. The molecular weight excluding hydrogens is 363 g/mol. The van der Waals surface area contributed by atoms with Crippen LogP contribution in [0, 0.1) is 5.82 Å². The Labute approximate surface area is 162 Å². The van der Waals surface area contributed by atoms with Crippen molar-refractivity contribution >= 4 is 17.7 Å². The van der Waals surface area contributed by atoms with Crippen LogP contribution in [0.3, 0.4) is 0 Å². The third kappa shape index (κ3) is 4.54. The van der Waals surface area contributed by atoms with Crippen molar-refractivity contribution in [2.45, 2.75) is 23.9 Å². The Morgan fingerprint density at radius 3 is 2.63 bits per heavy atom. The molecule has 0 bridgehead atoms. The SMILES string of the molecule is C[C@H](Sc1nnc(-c2ccccc2)n1C)C(=O)N(C)Cc1cccc(F)c1. The highest BCUT2D eigenvalue weighted by atomic mass is 32.2. The van der Waals surface area contributed by atoms with Gasteiger partial charge < -0.3 is 9.47 Å². The number of rotatable bonds is 6. The Kier molecular flexibility index (Phi) is 5.91. The molecule has 0 N–H and O–H groups in total. The first-order chi connectivity index (χ1) is 13.0. The zero-order chi connectivity index (χ0) is 19.4. The van der Waals surface area contributed by atoms with Gasteiger partial charge in [0, 0.05) is 26.2 Å². The van der Waals surface area contributed by atoms with Gasteiger partial charge in [-0.3, -0.25) is 4.79 Å². The molecule has 0 aliphatic heterocycles. The van der Waals surface area contributed by atoms with Gasteiger partial charge in [0.25, 0.3) is 0 Å². The van der Waals surface area contributed by atoms with E-state index in [0.717, 1.165) is 17.0 Å². The number of carbonyl (C=O) groups excluding carboxylic acids is 1. The molecule has 1 aromatic heterocycles. The van der Waals surface area contributed by atoms with Gasteiger partial charge in [-0.2, -0.15) is 0 Å². The molecule has 1 atom stereocenters. The van der Waals surface area contributed by atoms with E-state index in [-0.39, 0.29) is 17.0 Å². The highest BCUT2D eigenvalue weighted by molar-refractivity contribution is 8.00. The molecule has 1 heterocycles. The number of benzene rings is 2. The van der Waals surface area contributed by atoms with E-state index in [4.69, 9.17) is 0 Å². The molecule has 0 saturated carbocycles. The normalized spacial score (nSPS) is 12.0. The molecule has 3 rings (SSSR count). The van der Waals surface area contributed by atoms with Gasteiger partial charge >= 0.3 is 0 Å². The molecule has 0 saturated heterocycles. The maximum atomic E-state index is 13.3. The molecule has 0 aliphatic carbocycles. The average Bonchev–Trinajstić information content (AvgIpc) is 3.02. The number of halogens is 1. The lowest BCUT2D eigenvalue weighted by atomic mass is 10.2. The van der Waals surface area contributed by atoms with Crippen molar-refractivity contribution in [1.29, 1.82) is 0 Å². The number of carbonyl (C=O) groups is 1. The number of nitrogens with zero attached hydrogens (tertiary/aromatic N) is 4. The minimum Gasteiger partial charge on any atom is -0.340 e. The van der Waals surface area contributed by atoms with Crippen LogP contribution in [0.2, 0.25) is 0 Å². The smallest absolute Gasteiger partial charge is 0.235 e. The quantitative estimate of drug-likeness (QED) is 0.607. The van der Waals surface area contributed by atoms with E-state index >= 15 is 0 Å². The summed E-state index contributed by atoms with van der Waals surface area (Å²) in [5, 5.41) is 8.81. The average molecular weight is 384 g/mol. The Bertz CT molecular complexity index is 929. The van der Waals surface area contributed by atoms with E-state index in [1.165, 1.54) is 23.9 Å². The van der Waals surface area contributed by atoms with Gasteiger partial charge in [-0.1, -0.05) is 54.2 Å². The van der Waals surface area contributed by atoms with E-state index in [0.29, 0.717) is 11.7 Å². The van der Waals surface area contributed by atoms with Crippen LogP contribution in [0.5, 0.6) is 0 Å². The van der Waals surface area contributed by atoms with E-state index in [2.05, 4.69) is 10.2 Å². The number of thioether (sulfide) groups is 1. The summed E-state index contributed by atoms with van der Waals surface area (Å²) in [6.45, 7) is 2.20. The highest BCUT2D eigenvalue weighted by Crippen LogP contribution is 2.26. The summed E-state index contributed by atoms with van der Waals surface area (Å²) in [6, 6.07) is 16.1. The second kappa shape index (κ2) is 8.35. The van der Waals surface area contributed by atoms with Gasteiger partial charge in [0.05, 0.1) is 5.25 Å². The van der Waals surface area contributed by atoms with Crippen molar-refractivity contribution in [3.63, 3.8) is 0 Å². The first-order valence-electron chi connectivity index (χ1n) is 8.56. The van der Waals surface area contributed by atoms with Crippen LogP contribution in [-0.4, -0.2) is 37.9 Å². The van der Waals surface area contributed by atoms with Crippen molar-refractivity contribution in [1.82, 2.24) is 19.7 Å². The van der Waals surface area contributed by atoms with Crippen molar-refractivity contribution in [3.05, 3.63) is 66.0 Å². The van der Waals surface area contributed by atoms with Gasteiger partial charge in [0.2, 0.25) is 5.91 Å². The van der Waals surface area contributed by atoms with Crippen LogP contribution in [0.15, 0.2) is 59.8 Å². The van der Waals surface area contributed by atoms with Crippen LogP contribution >= 0.6 is 11.8 Å². The number of hydrogen-bond acceptors (Lipinski definition) is 4. The van der Waals surface area contributed by atoms with Crippen LogP contribution < -0.4 is 0 Å². The fourth-order valence-corrected chi connectivity index (χ4v) is 3.69. The van der Waals surface area contributed by atoms with E-state index in [9.17, 15) is 9.18 Å². The number of hydrogen-bond donors (Lipinski definition) is 0. The van der Waals surface area contributed by atoms with Gasteiger partial charge in [0.15, 0.2) is 11.0 Å². The Morgan fingerprint density at radius 2 is 1.93 bits per heavy atom. The molecule has 27 heavy (non-hydrogen) atoms. The first kappa shape index (κ1) is 19.1. The van der Waals surface area contributed by atoms with Gasteiger partial charge in [0.1, 0.15) is 5.82 Å². The summed E-state index contributed by atoms with van der Waals surface area (Å²) in [5.74, 6) is 0.405. The molecule has 7 heteroatoms. The zero-order valence-corrected chi connectivity index (χ0v) is 16.3. The summed E-state index contributed by atoms with van der Waals surface area (Å²) in [6.07, 6.45) is 0. The molecule has 2 aromatic carbocycles. The first-order valence-corrected chi connectivity index (χ1v) is 9.44. The number of amides is 1. The fourth-order valence-electron chi connectivity index (χ4n) is 2.76. The topological polar surface area (TPSA) is 51.0 Å². The lowest BCUT2D eigenvalue weighted by Crippen LogP contribution is -2.33. The summed E-state index contributed by atoms with van der Waals surface area (Å²) in [4.78, 5) is 14.3. The van der Waals surface area contributed by atoms with E-state index < -0.39 is 0 Å². The minimum absolute atomic E-state index is 0.0477. The molecule has 0 radical (unpaired) electrons. The zero-order valence-electron chi connectivity index (χ0n) is 15.5. The van der Waals surface area contributed by atoms with Gasteiger partial charge in [-0.25, -0.2) is 4.39 Å². The molecule has 3 aromatic rings. The molecule has 0 unspecified atom stereocenters. The number of aromatic nitrogens is 3. The van der Waals surface area contributed by atoms with Crippen molar-refractivity contribution in [3.8, 4) is 11.4 Å². The largest absolute Gasteiger partial charge is 0.340 e. The van der Waals surface area contributed by atoms with Crippen LogP contribution in [0.4, 0.5) is 4.39 Å². The summed E-state index contributed by atoms with van der Waals surface area (Å²) in [5.41, 5.74) is 1.73. The predicted molar refractivity (Wildman–Crippen MR) is 105 cm³/mol. The van der Waals surface area contributed by atoms with Gasteiger partial charge in [-0.05, 0) is 24.6 Å². The van der Waals surface area contributed by atoms with Crippen molar-refractivity contribution in [2.75, 3.05) is 7.05 Å². The molecule has 5 nitrogen and oxygen atoms in total. The third-order valence-electron chi connectivity index (χ3n) is 4.18. The molecule has 0 fully saturated rings. The lowest BCUT2D eigenvalue weighted by Gasteiger charge is -2.21. The second-order valence-corrected chi connectivity index (χ2v) is 7.62. The second-order valence-electron chi connectivity index (χ2n) is 6.32. The van der Waals surface area contributed by atoms with Crippen LogP contribution in [-0.2, 0) is 18.4 Å². The van der Waals surface area contributed by atoms with Crippen molar-refractivity contribution in [2.24, 2.45) is 7.05 Å². The van der Waals surface area contributed by atoms with Crippen LogP contribution in [0.1, 0.15) is 12.5 Å². The Hall–Kier alpha value is -2.67. The summed E-state index contributed by atoms with van der Waals surface area (Å²) < 4.78 is 15.2. The minimum atomic E-state index is -0.338. The van der Waals surface area contributed by atoms with Crippen molar-refractivity contribution < 1.29 is 9.18 Å². The maximum absolute atomic E-state index is 13.3. The Balaban J connectivity index is 1.67. The maximum Gasteiger partial charge on any atom is 0.235 e. The van der Waals surface area contributed by atoms with Gasteiger partial charge in [-0.15, -0.1) is 10.2 Å². The molecular formula is C20H21FN4OS. The highest BCUT2D eigenvalue weighted by Gasteiger charge is 2.22. The Morgan fingerprint density at radius 1 is 1.19 bits per heavy atom. The molecule has 0 aliphatic rings. The lowest BCUT2D eigenvalue weighted by molar-refractivity contribution is -0.129. The molecule has 140 valence electrons. The van der Waals surface area contributed by atoms with E-state index in [1.54, 1.807) is 24.1 Å². The molecule has 1 amide bonds. The summed E-state index contributed by atoms with van der Waals surface area (Å²) >= 11 is 1.36. The standard InChI is InChI=1S/C20H21FN4OS/c1-14(19(26)24(2)13-15-8-7-11-17(21)12-15)27-20-23-22-18(25(20)3)16-9-5-4-6-10-16/h4-12,14H,13H2,1-3H3/t14-/m0/s1.